The van der Waals surface area contributed by atoms with Gasteiger partial charge in [-0.25, -0.2) is 0 Å². The molecule has 2 aliphatic rings. The first-order chi connectivity index (χ1) is 8.16. The molecule has 0 aromatic carbocycles. The minimum Gasteiger partial charge on any atom is -0.341 e. The van der Waals surface area contributed by atoms with E-state index in [-0.39, 0.29) is 6.04 Å². The summed E-state index contributed by atoms with van der Waals surface area (Å²) >= 11 is 0. The molecule has 2 aliphatic heterocycles. The van der Waals surface area contributed by atoms with Crippen molar-refractivity contribution >= 4 is 5.91 Å². The van der Waals surface area contributed by atoms with Gasteiger partial charge in [0.15, 0.2) is 0 Å². The number of carbonyl (C=O) groups excluding carboxylic acids is 1. The monoisotopic (exact) mass is 239 g/mol. The molecule has 0 aromatic heterocycles. The fourth-order valence-corrected chi connectivity index (χ4v) is 2.97. The lowest BCUT2D eigenvalue weighted by Crippen LogP contribution is -2.47. The van der Waals surface area contributed by atoms with Crippen molar-refractivity contribution in [1.82, 2.24) is 15.1 Å². The van der Waals surface area contributed by atoms with Crippen LogP contribution in [0.3, 0.4) is 0 Å². The molecule has 0 radical (unpaired) electrons. The Labute approximate surface area is 104 Å². The Balaban J connectivity index is 1.76. The second-order valence-corrected chi connectivity index (χ2v) is 5.68. The van der Waals surface area contributed by atoms with Crippen molar-refractivity contribution in [2.45, 2.75) is 31.7 Å². The van der Waals surface area contributed by atoms with Gasteiger partial charge in [0.1, 0.15) is 0 Å². The van der Waals surface area contributed by atoms with E-state index in [1.54, 1.807) is 0 Å². The summed E-state index contributed by atoms with van der Waals surface area (Å²) in [5.74, 6) is 1.11. The molecule has 17 heavy (non-hydrogen) atoms. The van der Waals surface area contributed by atoms with Crippen LogP contribution in [0.25, 0.3) is 0 Å². The van der Waals surface area contributed by atoms with E-state index in [1.165, 1.54) is 0 Å². The van der Waals surface area contributed by atoms with Crippen molar-refractivity contribution in [3.05, 3.63) is 0 Å². The Morgan fingerprint density at radius 1 is 1.29 bits per heavy atom. The van der Waals surface area contributed by atoms with Crippen LogP contribution in [-0.4, -0.2) is 62.0 Å². The highest BCUT2D eigenvalue weighted by atomic mass is 16.2. The Morgan fingerprint density at radius 2 is 2.00 bits per heavy atom. The minimum atomic E-state index is 0.111. The number of piperidine rings is 1. The molecule has 1 atom stereocenters. The van der Waals surface area contributed by atoms with E-state index in [4.69, 9.17) is 0 Å². The number of carbonyl (C=O) groups is 1. The zero-order valence-electron chi connectivity index (χ0n) is 11.1. The second-order valence-electron chi connectivity index (χ2n) is 5.68. The van der Waals surface area contributed by atoms with E-state index in [1.807, 2.05) is 0 Å². The van der Waals surface area contributed by atoms with Gasteiger partial charge in [0.2, 0.25) is 5.91 Å². The molecule has 2 rings (SSSR count). The third-order valence-corrected chi connectivity index (χ3v) is 3.91. The summed E-state index contributed by atoms with van der Waals surface area (Å²) < 4.78 is 0. The zero-order chi connectivity index (χ0) is 12.3. The first kappa shape index (κ1) is 12.8. The second kappa shape index (κ2) is 5.83. The van der Waals surface area contributed by atoms with Gasteiger partial charge in [-0.05, 0) is 52.2 Å². The lowest BCUT2D eigenvalue weighted by molar-refractivity contribution is -0.134. The highest BCUT2D eigenvalue weighted by Gasteiger charge is 2.29. The molecule has 0 aliphatic carbocycles. The fourth-order valence-electron chi connectivity index (χ4n) is 2.97. The zero-order valence-corrected chi connectivity index (χ0v) is 11.1. The van der Waals surface area contributed by atoms with E-state index >= 15 is 0 Å². The van der Waals surface area contributed by atoms with Crippen molar-refractivity contribution in [1.29, 1.82) is 0 Å². The molecule has 0 aromatic rings. The summed E-state index contributed by atoms with van der Waals surface area (Å²) in [6.07, 6.45) is 4.50. The average Bonchev–Trinajstić information content (AvgIpc) is 2.82. The largest absolute Gasteiger partial charge is 0.341 e. The highest BCUT2D eigenvalue weighted by molar-refractivity contribution is 5.82. The number of nitrogens with one attached hydrogen (secondary N) is 1. The van der Waals surface area contributed by atoms with Gasteiger partial charge in [-0.15, -0.1) is 0 Å². The molecule has 0 spiro atoms. The topological polar surface area (TPSA) is 35.6 Å². The molecule has 2 saturated heterocycles. The molecule has 2 heterocycles. The van der Waals surface area contributed by atoms with E-state index in [2.05, 4.69) is 29.2 Å². The molecule has 0 unspecified atom stereocenters. The Morgan fingerprint density at radius 3 is 2.53 bits per heavy atom. The molecular weight excluding hydrogens is 214 g/mol. The third-order valence-electron chi connectivity index (χ3n) is 3.91. The molecule has 2 fully saturated rings. The summed E-state index contributed by atoms with van der Waals surface area (Å²) in [6, 6.07) is 0.111. The van der Waals surface area contributed by atoms with Crippen LogP contribution < -0.4 is 5.32 Å². The van der Waals surface area contributed by atoms with Crippen molar-refractivity contribution < 1.29 is 4.79 Å². The van der Waals surface area contributed by atoms with Gasteiger partial charge >= 0.3 is 0 Å². The van der Waals surface area contributed by atoms with Crippen LogP contribution in [0.1, 0.15) is 25.7 Å². The van der Waals surface area contributed by atoms with E-state index in [9.17, 15) is 4.79 Å². The molecule has 1 amide bonds. The SMILES string of the molecule is CN(C)CC1CCN(C(=O)[C@@H]2CCCN2)CC1. The van der Waals surface area contributed by atoms with Crippen LogP contribution >= 0.6 is 0 Å². The van der Waals surface area contributed by atoms with Crippen molar-refractivity contribution in [2.24, 2.45) is 5.92 Å². The van der Waals surface area contributed by atoms with Gasteiger partial charge in [0.25, 0.3) is 0 Å². The Hall–Kier alpha value is -0.610. The molecule has 1 N–H and O–H groups in total. The highest BCUT2D eigenvalue weighted by Crippen LogP contribution is 2.19. The van der Waals surface area contributed by atoms with Crippen molar-refractivity contribution in [3.8, 4) is 0 Å². The van der Waals surface area contributed by atoms with Crippen LogP contribution in [0, 0.1) is 5.92 Å². The number of amides is 1. The van der Waals surface area contributed by atoms with Crippen molar-refractivity contribution in [2.75, 3.05) is 40.3 Å². The summed E-state index contributed by atoms with van der Waals surface area (Å²) in [7, 11) is 4.25. The molecule has 0 saturated carbocycles. The normalized spacial score (nSPS) is 26.8. The van der Waals surface area contributed by atoms with Crippen LogP contribution in [-0.2, 0) is 4.79 Å². The smallest absolute Gasteiger partial charge is 0.239 e. The maximum Gasteiger partial charge on any atom is 0.239 e. The standard InChI is InChI=1S/C13H25N3O/c1-15(2)10-11-5-8-16(9-6-11)13(17)12-4-3-7-14-12/h11-12,14H,3-10H2,1-2H3/t12-/m0/s1. The number of nitrogens with zero attached hydrogens (tertiary/aromatic N) is 2. The van der Waals surface area contributed by atoms with Gasteiger partial charge < -0.3 is 15.1 Å². The summed E-state index contributed by atoms with van der Waals surface area (Å²) in [4.78, 5) is 16.5. The number of rotatable bonds is 3. The molecule has 98 valence electrons. The van der Waals surface area contributed by atoms with E-state index < -0.39 is 0 Å². The minimum absolute atomic E-state index is 0.111. The molecule has 4 heteroatoms. The van der Waals surface area contributed by atoms with Gasteiger partial charge in [-0.3, -0.25) is 4.79 Å². The Bertz CT molecular complexity index is 253. The first-order valence-corrected chi connectivity index (χ1v) is 6.83. The Kier molecular flexibility index (Phi) is 4.40. The summed E-state index contributed by atoms with van der Waals surface area (Å²) in [5.41, 5.74) is 0. The summed E-state index contributed by atoms with van der Waals surface area (Å²) in [6.45, 7) is 4.07. The van der Waals surface area contributed by atoms with Crippen LogP contribution in [0.5, 0.6) is 0 Å². The van der Waals surface area contributed by atoms with Crippen LogP contribution in [0.4, 0.5) is 0 Å². The molecule has 0 bridgehead atoms. The third kappa shape index (κ3) is 3.42. The summed E-state index contributed by atoms with van der Waals surface area (Å²) in [5, 5.41) is 3.30. The van der Waals surface area contributed by atoms with Gasteiger partial charge in [-0.2, -0.15) is 0 Å². The van der Waals surface area contributed by atoms with Gasteiger partial charge in [-0.1, -0.05) is 0 Å². The first-order valence-electron chi connectivity index (χ1n) is 6.83. The lowest BCUT2D eigenvalue weighted by Gasteiger charge is -2.34. The van der Waals surface area contributed by atoms with Crippen molar-refractivity contribution in [3.63, 3.8) is 0 Å². The predicted octanol–water partition coefficient (Wildman–Crippen LogP) is 0.539. The van der Waals surface area contributed by atoms with E-state index in [0.29, 0.717) is 5.91 Å². The van der Waals surface area contributed by atoms with Crippen LogP contribution in [0.2, 0.25) is 0 Å². The van der Waals surface area contributed by atoms with Crippen LogP contribution in [0.15, 0.2) is 0 Å². The predicted molar refractivity (Wildman–Crippen MR) is 68.9 cm³/mol. The molecular formula is C13H25N3O. The number of hydrogen-bond acceptors (Lipinski definition) is 3. The number of likely N-dealkylation sites (tertiary alicyclic amines) is 1. The van der Waals surface area contributed by atoms with Gasteiger partial charge in [0, 0.05) is 19.6 Å². The lowest BCUT2D eigenvalue weighted by atomic mass is 9.96. The van der Waals surface area contributed by atoms with Gasteiger partial charge in [0.05, 0.1) is 6.04 Å². The maximum absolute atomic E-state index is 12.2. The fraction of sp³-hybridized carbons (Fsp3) is 0.923. The maximum atomic E-state index is 12.2. The van der Waals surface area contributed by atoms with E-state index in [0.717, 1.165) is 57.8 Å². The number of hydrogen-bond donors (Lipinski definition) is 1. The molecule has 4 nitrogen and oxygen atoms in total. The quantitative estimate of drug-likeness (QED) is 0.781. The average molecular weight is 239 g/mol.